The fourth-order valence-electron chi connectivity index (χ4n) is 1.29. The second-order valence-corrected chi connectivity index (χ2v) is 4.21. The van der Waals surface area contributed by atoms with E-state index < -0.39 is 17.5 Å². The predicted molar refractivity (Wildman–Crippen MR) is 57.7 cm³/mol. The van der Waals surface area contributed by atoms with Gasteiger partial charge in [0, 0.05) is 0 Å². The molecule has 0 saturated heterocycles. The van der Waals surface area contributed by atoms with Crippen molar-refractivity contribution >= 4 is 11.9 Å². The number of ether oxygens (including phenoxy) is 2. The molecule has 0 heterocycles. The molecule has 0 rings (SSSR count). The van der Waals surface area contributed by atoms with E-state index in [9.17, 15) is 14.7 Å². The highest BCUT2D eigenvalue weighted by Gasteiger charge is 2.39. The van der Waals surface area contributed by atoms with Crippen LogP contribution in [-0.4, -0.2) is 36.9 Å². The van der Waals surface area contributed by atoms with Crippen LogP contribution in [0.5, 0.6) is 0 Å². The van der Waals surface area contributed by atoms with Crippen molar-refractivity contribution in [3.63, 3.8) is 0 Å². The summed E-state index contributed by atoms with van der Waals surface area (Å²) < 4.78 is 8.94. The molecule has 0 aliphatic heterocycles. The number of hydrogen-bond acceptors (Lipinski definition) is 5. The SMILES string of the molecule is COC(=O)CC(O)(CCC(C)C)C(=O)OC. The number of hydrogen-bond donors (Lipinski definition) is 1. The van der Waals surface area contributed by atoms with Gasteiger partial charge in [-0.1, -0.05) is 13.8 Å². The van der Waals surface area contributed by atoms with Gasteiger partial charge in [0.05, 0.1) is 20.6 Å². The lowest BCUT2D eigenvalue weighted by Crippen LogP contribution is -2.42. The van der Waals surface area contributed by atoms with Gasteiger partial charge in [-0.05, 0) is 18.8 Å². The number of rotatable bonds is 6. The van der Waals surface area contributed by atoms with Crippen molar-refractivity contribution in [2.75, 3.05) is 14.2 Å². The summed E-state index contributed by atoms with van der Waals surface area (Å²) in [7, 11) is 2.39. The van der Waals surface area contributed by atoms with Gasteiger partial charge in [0.15, 0.2) is 5.60 Å². The Morgan fingerprint density at radius 2 is 1.81 bits per heavy atom. The second-order valence-electron chi connectivity index (χ2n) is 4.21. The molecule has 94 valence electrons. The number of esters is 2. The third-order valence-electron chi connectivity index (χ3n) is 2.37. The molecule has 1 N–H and O–H groups in total. The summed E-state index contributed by atoms with van der Waals surface area (Å²) in [6.45, 7) is 3.94. The first-order valence-corrected chi connectivity index (χ1v) is 5.23. The van der Waals surface area contributed by atoms with Gasteiger partial charge >= 0.3 is 11.9 Å². The van der Waals surface area contributed by atoms with E-state index in [1.54, 1.807) is 0 Å². The van der Waals surface area contributed by atoms with Crippen molar-refractivity contribution in [3.8, 4) is 0 Å². The molecule has 0 bridgehead atoms. The van der Waals surface area contributed by atoms with Crippen molar-refractivity contribution in [3.05, 3.63) is 0 Å². The molecule has 0 saturated carbocycles. The van der Waals surface area contributed by atoms with Gasteiger partial charge in [0.2, 0.25) is 0 Å². The van der Waals surface area contributed by atoms with E-state index in [2.05, 4.69) is 9.47 Å². The van der Waals surface area contributed by atoms with Crippen LogP contribution in [0.4, 0.5) is 0 Å². The highest BCUT2D eigenvalue weighted by Crippen LogP contribution is 2.22. The van der Waals surface area contributed by atoms with Crippen LogP contribution in [0, 0.1) is 5.92 Å². The minimum atomic E-state index is -1.77. The van der Waals surface area contributed by atoms with Gasteiger partial charge < -0.3 is 14.6 Å². The van der Waals surface area contributed by atoms with Crippen LogP contribution >= 0.6 is 0 Å². The molecule has 5 heteroatoms. The minimum absolute atomic E-state index is 0.187. The Labute approximate surface area is 95.7 Å². The molecule has 0 amide bonds. The number of carbonyl (C=O) groups excluding carboxylic acids is 2. The standard InChI is InChI=1S/C11H20O5/c1-8(2)5-6-11(14,10(13)16-4)7-9(12)15-3/h8,14H,5-7H2,1-4H3. The predicted octanol–water partition coefficient (Wildman–Crippen LogP) is 0.890. The molecule has 1 unspecified atom stereocenters. The third kappa shape index (κ3) is 4.61. The molecule has 0 aromatic carbocycles. The molecular weight excluding hydrogens is 212 g/mol. The summed E-state index contributed by atoms with van der Waals surface area (Å²) in [4.78, 5) is 22.5. The van der Waals surface area contributed by atoms with Crippen molar-refractivity contribution < 1.29 is 24.2 Å². The Kier molecular flexibility index (Phi) is 6.03. The van der Waals surface area contributed by atoms with Crippen LogP contribution in [-0.2, 0) is 19.1 Å². The van der Waals surface area contributed by atoms with E-state index in [4.69, 9.17) is 0 Å². The Hall–Kier alpha value is -1.10. The van der Waals surface area contributed by atoms with Crippen LogP contribution in [0.3, 0.4) is 0 Å². The van der Waals surface area contributed by atoms with Gasteiger partial charge in [-0.15, -0.1) is 0 Å². The molecule has 0 radical (unpaired) electrons. The van der Waals surface area contributed by atoms with Crippen LogP contribution in [0.1, 0.15) is 33.1 Å². The maximum atomic E-state index is 11.4. The maximum absolute atomic E-state index is 11.4. The van der Waals surface area contributed by atoms with E-state index >= 15 is 0 Å². The van der Waals surface area contributed by atoms with Gasteiger partial charge in [0.25, 0.3) is 0 Å². The van der Waals surface area contributed by atoms with Crippen LogP contribution in [0.25, 0.3) is 0 Å². The zero-order valence-corrected chi connectivity index (χ0v) is 10.3. The summed E-state index contributed by atoms with van der Waals surface area (Å²) in [5, 5.41) is 10.1. The Morgan fingerprint density at radius 1 is 1.25 bits per heavy atom. The Bertz CT molecular complexity index is 249. The quantitative estimate of drug-likeness (QED) is 0.688. The van der Waals surface area contributed by atoms with Crippen LogP contribution < -0.4 is 0 Å². The van der Waals surface area contributed by atoms with Crippen LogP contribution in [0.2, 0.25) is 0 Å². The molecule has 5 nitrogen and oxygen atoms in total. The van der Waals surface area contributed by atoms with Gasteiger partial charge in [-0.2, -0.15) is 0 Å². The van der Waals surface area contributed by atoms with Gasteiger partial charge in [-0.25, -0.2) is 4.79 Å². The monoisotopic (exact) mass is 232 g/mol. The first-order chi connectivity index (χ1) is 7.35. The van der Waals surface area contributed by atoms with Crippen molar-refractivity contribution in [2.24, 2.45) is 5.92 Å². The summed E-state index contributed by atoms with van der Waals surface area (Å²) >= 11 is 0. The second kappa shape index (κ2) is 6.48. The third-order valence-corrected chi connectivity index (χ3v) is 2.37. The van der Waals surface area contributed by atoms with E-state index in [1.807, 2.05) is 13.8 Å². The lowest BCUT2D eigenvalue weighted by atomic mass is 9.90. The largest absolute Gasteiger partial charge is 0.469 e. The Balaban J connectivity index is 4.60. The number of methoxy groups -OCH3 is 2. The number of carbonyl (C=O) groups is 2. The summed E-state index contributed by atoms with van der Waals surface area (Å²) in [5.74, 6) is -1.09. The summed E-state index contributed by atoms with van der Waals surface area (Å²) in [6, 6.07) is 0. The fourth-order valence-corrected chi connectivity index (χ4v) is 1.29. The summed E-state index contributed by atoms with van der Waals surface area (Å²) in [5.41, 5.74) is -1.77. The molecule has 0 aliphatic carbocycles. The minimum Gasteiger partial charge on any atom is -0.469 e. The van der Waals surface area contributed by atoms with Crippen LogP contribution in [0.15, 0.2) is 0 Å². The van der Waals surface area contributed by atoms with Gasteiger partial charge in [0.1, 0.15) is 0 Å². The smallest absolute Gasteiger partial charge is 0.338 e. The lowest BCUT2D eigenvalue weighted by Gasteiger charge is -2.24. The molecule has 0 spiro atoms. The molecule has 1 atom stereocenters. The molecule has 0 fully saturated rings. The number of aliphatic hydroxyl groups is 1. The van der Waals surface area contributed by atoms with E-state index in [-0.39, 0.29) is 12.8 Å². The van der Waals surface area contributed by atoms with Crippen molar-refractivity contribution in [1.82, 2.24) is 0 Å². The lowest BCUT2D eigenvalue weighted by molar-refractivity contribution is -0.170. The molecular formula is C11H20O5. The summed E-state index contributed by atoms with van der Waals surface area (Å²) in [6.07, 6.45) is 0.442. The Morgan fingerprint density at radius 3 is 2.19 bits per heavy atom. The highest BCUT2D eigenvalue weighted by atomic mass is 16.5. The van der Waals surface area contributed by atoms with Crippen molar-refractivity contribution in [1.29, 1.82) is 0 Å². The normalized spacial score (nSPS) is 14.4. The molecule has 0 aliphatic rings. The van der Waals surface area contributed by atoms with Crippen molar-refractivity contribution in [2.45, 2.75) is 38.7 Å². The molecule has 0 aromatic rings. The van der Waals surface area contributed by atoms with E-state index in [0.29, 0.717) is 12.3 Å². The first kappa shape index (κ1) is 14.9. The fraction of sp³-hybridized carbons (Fsp3) is 0.818. The van der Waals surface area contributed by atoms with E-state index in [0.717, 1.165) is 0 Å². The first-order valence-electron chi connectivity index (χ1n) is 5.23. The molecule has 0 aromatic heterocycles. The van der Waals surface area contributed by atoms with Gasteiger partial charge in [-0.3, -0.25) is 4.79 Å². The zero-order chi connectivity index (χ0) is 12.8. The average molecular weight is 232 g/mol. The topological polar surface area (TPSA) is 72.8 Å². The maximum Gasteiger partial charge on any atom is 0.338 e. The van der Waals surface area contributed by atoms with E-state index in [1.165, 1.54) is 14.2 Å². The average Bonchev–Trinajstić information content (AvgIpc) is 2.25. The zero-order valence-electron chi connectivity index (χ0n) is 10.3. The molecule has 16 heavy (non-hydrogen) atoms. The highest BCUT2D eigenvalue weighted by molar-refractivity contribution is 5.85.